The molecule has 1 amide bonds. The van der Waals surface area contributed by atoms with Crippen molar-refractivity contribution in [2.45, 2.75) is 45.3 Å². The van der Waals surface area contributed by atoms with Crippen LogP contribution in [0.5, 0.6) is 0 Å². The van der Waals surface area contributed by atoms with Crippen molar-refractivity contribution in [2.75, 3.05) is 13.1 Å². The molecule has 0 unspecified atom stereocenters. The van der Waals surface area contributed by atoms with E-state index in [0.717, 1.165) is 51.3 Å². The lowest BCUT2D eigenvalue weighted by Crippen LogP contribution is -2.33. The number of aromatic nitrogens is 3. The smallest absolute Gasteiger partial charge is 0.289 e. The lowest BCUT2D eigenvalue weighted by molar-refractivity contribution is 0.0932. The first kappa shape index (κ1) is 16.0. The van der Waals surface area contributed by atoms with Crippen LogP contribution in [0.2, 0.25) is 0 Å². The highest BCUT2D eigenvalue weighted by Gasteiger charge is 2.39. The van der Waals surface area contributed by atoms with E-state index in [1.807, 2.05) is 0 Å². The van der Waals surface area contributed by atoms with Crippen LogP contribution in [-0.2, 0) is 19.5 Å². The summed E-state index contributed by atoms with van der Waals surface area (Å²) >= 11 is 0. The molecular formula is C20H25N5O. The van der Waals surface area contributed by atoms with E-state index >= 15 is 0 Å². The highest BCUT2D eigenvalue weighted by atomic mass is 16.2. The molecule has 136 valence electrons. The van der Waals surface area contributed by atoms with Gasteiger partial charge in [0.15, 0.2) is 0 Å². The summed E-state index contributed by atoms with van der Waals surface area (Å²) in [5, 5.41) is 11.5. The second-order valence-electron chi connectivity index (χ2n) is 8.21. The Morgan fingerprint density at radius 3 is 2.85 bits per heavy atom. The Kier molecular flexibility index (Phi) is 3.81. The van der Waals surface area contributed by atoms with Crippen molar-refractivity contribution in [3.05, 3.63) is 47.0 Å². The van der Waals surface area contributed by atoms with Crippen LogP contribution in [0.15, 0.2) is 24.3 Å². The summed E-state index contributed by atoms with van der Waals surface area (Å²) < 4.78 is 2.06. The summed E-state index contributed by atoms with van der Waals surface area (Å²) in [7, 11) is 0. The third-order valence-corrected chi connectivity index (χ3v) is 5.95. The van der Waals surface area contributed by atoms with E-state index in [0.29, 0.717) is 23.7 Å². The van der Waals surface area contributed by atoms with Crippen LogP contribution >= 0.6 is 0 Å². The standard InChI is InChI=1S/C20H25N5O/c1-13-3-2-4-14(7-13)9-24-10-15-8-18-22-23-19(20(26)21-17-5-6-17)25(18)12-16(15)11-24/h2-4,7,15-17H,5-6,8-12H2,1H3,(H,21,26)/t15-,16-/m0/s1. The number of fused-ring (bicyclic) bond motifs is 2. The summed E-state index contributed by atoms with van der Waals surface area (Å²) in [5.41, 5.74) is 2.70. The minimum Gasteiger partial charge on any atom is -0.347 e. The Bertz CT molecular complexity index is 840. The van der Waals surface area contributed by atoms with Crippen LogP contribution in [-0.4, -0.2) is 44.7 Å². The molecule has 0 bridgehead atoms. The summed E-state index contributed by atoms with van der Waals surface area (Å²) in [6.45, 7) is 6.21. The predicted molar refractivity (Wildman–Crippen MR) is 97.7 cm³/mol. The Labute approximate surface area is 153 Å². The van der Waals surface area contributed by atoms with Gasteiger partial charge < -0.3 is 9.88 Å². The van der Waals surface area contributed by atoms with E-state index in [1.54, 1.807) is 0 Å². The van der Waals surface area contributed by atoms with Crippen LogP contribution in [0.25, 0.3) is 0 Å². The fraction of sp³-hybridized carbons (Fsp3) is 0.550. The van der Waals surface area contributed by atoms with E-state index < -0.39 is 0 Å². The highest BCUT2D eigenvalue weighted by Crippen LogP contribution is 2.33. The lowest BCUT2D eigenvalue weighted by atomic mass is 9.89. The van der Waals surface area contributed by atoms with E-state index in [9.17, 15) is 4.79 Å². The summed E-state index contributed by atoms with van der Waals surface area (Å²) in [6, 6.07) is 9.12. The molecule has 2 atom stereocenters. The average Bonchev–Trinajstić information content (AvgIpc) is 3.19. The third-order valence-electron chi connectivity index (χ3n) is 5.95. The first-order valence-corrected chi connectivity index (χ1v) is 9.66. The monoisotopic (exact) mass is 351 g/mol. The maximum atomic E-state index is 12.4. The molecule has 1 aromatic heterocycles. The number of nitrogens with zero attached hydrogens (tertiary/aromatic N) is 4. The number of aryl methyl sites for hydroxylation is 1. The number of nitrogens with one attached hydrogen (secondary N) is 1. The summed E-state index contributed by atoms with van der Waals surface area (Å²) in [4.78, 5) is 15.0. The number of hydrogen-bond donors (Lipinski definition) is 1. The van der Waals surface area contributed by atoms with E-state index in [4.69, 9.17) is 0 Å². The molecule has 2 aromatic rings. The number of amides is 1. The summed E-state index contributed by atoms with van der Waals surface area (Å²) in [5.74, 6) is 2.62. The van der Waals surface area contributed by atoms with Gasteiger partial charge >= 0.3 is 0 Å². The number of rotatable bonds is 4. The van der Waals surface area contributed by atoms with Gasteiger partial charge in [-0.15, -0.1) is 10.2 Å². The van der Waals surface area contributed by atoms with Crippen molar-refractivity contribution >= 4 is 5.91 Å². The van der Waals surface area contributed by atoms with Gasteiger partial charge in [0.25, 0.3) is 5.91 Å². The predicted octanol–water partition coefficient (Wildman–Crippen LogP) is 1.78. The van der Waals surface area contributed by atoms with Gasteiger partial charge in [-0.25, -0.2) is 0 Å². The van der Waals surface area contributed by atoms with Gasteiger partial charge in [0.2, 0.25) is 5.82 Å². The molecule has 1 aromatic carbocycles. The number of carbonyl (C=O) groups is 1. The number of benzene rings is 1. The van der Waals surface area contributed by atoms with E-state index in [1.165, 1.54) is 11.1 Å². The maximum absolute atomic E-state index is 12.4. The molecule has 2 aliphatic heterocycles. The molecule has 5 rings (SSSR count). The van der Waals surface area contributed by atoms with Crippen molar-refractivity contribution in [3.63, 3.8) is 0 Å². The first-order valence-electron chi connectivity index (χ1n) is 9.66. The van der Waals surface area contributed by atoms with Crippen molar-refractivity contribution in [3.8, 4) is 0 Å². The van der Waals surface area contributed by atoms with Gasteiger partial charge in [-0.05, 0) is 37.2 Å². The Hall–Kier alpha value is -2.21. The number of likely N-dealkylation sites (tertiary alicyclic amines) is 1. The molecule has 3 aliphatic rings. The van der Waals surface area contributed by atoms with Gasteiger partial charge in [0, 0.05) is 38.6 Å². The molecule has 1 N–H and O–H groups in total. The molecular weight excluding hydrogens is 326 g/mol. The zero-order valence-corrected chi connectivity index (χ0v) is 15.2. The lowest BCUT2D eigenvalue weighted by Gasteiger charge is -2.25. The van der Waals surface area contributed by atoms with Crippen LogP contribution < -0.4 is 5.32 Å². The molecule has 6 heteroatoms. The summed E-state index contributed by atoms with van der Waals surface area (Å²) in [6.07, 6.45) is 3.11. The van der Waals surface area contributed by atoms with Crippen molar-refractivity contribution in [1.82, 2.24) is 25.0 Å². The highest BCUT2D eigenvalue weighted by molar-refractivity contribution is 5.91. The molecule has 0 radical (unpaired) electrons. The fourth-order valence-electron chi connectivity index (χ4n) is 4.46. The van der Waals surface area contributed by atoms with E-state index in [2.05, 4.69) is 56.2 Å². The topological polar surface area (TPSA) is 63.1 Å². The van der Waals surface area contributed by atoms with Crippen LogP contribution in [0.4, 0.5) is 0 Å². The first-order chi connectivity index (χ1) is 12.7. The maximum Gasteiger partial charge on any atom is 0.289 e. The van der Waals surface area contributed by atoms with Gasteiger partial charge in [-0.3, -0.25) is 9.69 Å². The van der Waals surface area contributed by atoms with Gasteiger partial charge in [0.1, 0.15) is 5.82 Å². The Morgan fingerprint density at radius 1 is 1.19 bits per heavy atom. The van der Waals surface area contributed by atoms with Crippen molar-refractivity contribution in [2.24, 2.45) is 11.8 Å². The second kappa shape index (κ2) is 6.20. The normalized spacial score (nSPS) is 25.0. The van der Waals surface area contributed by atoms with Gasteiger partial charge in [0.05, 0.1) is 0 Å². The second-order valence-corrected chi connectivity index (χ2v) is 8.21. The average molecular weight is 351 g/mol. The molecule has 6 nitrogen and oxygen atoms in total. The zero-order valence-electron chi connectivity index (χ0n) is 15.2. The van der Waals surface area contributed by atoms with Crippen LogP contribution in [0, 0.1) is 18.8 Å². The van der Waals surface area contributed by atoms with Crippen LogP contribution in [0.3, 0.4) is 0 Å². The van der Waals surface area contributed by atoms with Crippen molar-refractivity contribution < 1.29 is 4.79 Å². The Morgan fingerprint density at radius 2 is 2.04 bits per heavy atom. The minimum atomic E-state index is -0.0562. The number of carbonyl (C=O) groups excluding carboxylic acids is 1. The largest absolute Gasteiger partial charge is 0.347 e. The molecule has 26 heavy (non-hydrogen) atoms. The molecule has 1 saturated carbocycles. The molecule has 2 fully saturated rings. The third kappa shape index (κ3) is 3.03. The molecule has 0 spiro atoms. The quantitative estimate of drug-likeness (QED) is 0.912. The Balaban J connectivity index is 1.28. The number of hydrogen-bond acceptors (Lipinski definition) is 4. The van der Waals surface area contributed by atoms with Gasteiger partial charge in [-0.2, -0.15) is 0 Å². The fourth-order valence-corrected chi connectivity index (χ4v) is 4.46. The van der Waals surface area contributed by atoms with Crippen molar-refractivity contribution in [1.29, 1.82) is 0 Å². The van der Waals surface area contributed by atoms with Gasteiger partial charge in [-0.1, -0.05) is 29.8 Å². The molecule has 1 aliphatic carbocycles. The zero-order chi connectivity index (χ0) is 17.7. The minimum absolute atomic E-state index is 0.0562. The SMILES string of the molecule is Cc1cccc(CN2C[C@@H]3Cc4nnc(C(=O)NC5CC5)n4C[C@@H]3C2)c1. The van der Waals surface area contributed by atoms with Crippen LogP contribution in [0.1, 0.15) is 40.4 Å². The molecule has 1 saturated heterocycles. The van der Waals surface area contributed by atoms with E-state index in [-0.39, 0.29) is 5.91 Å². The molecule has 3 heterocycles.